The van der Waals surface area contributed by atoms with Gasteiger partial charge in [0.1, 0.15) is 23.1 Å². The summed E-state index contributed by atoms with van der Waals surface area (Å²) < 4.78 is 31.3. The van der Waals surface area contributed by atoms with Gasteiger partial charge in [0.2, 0.25) is 0 Å². The molecule has 88 valence electrons. The Bertz CT molecular complexity index is 527. The van der Waals surface area contributed by atoms with E-state index >= 15 is 0 Å². The molecular formula is C13H10F2O2. The van der Waals surface area contributed by atoms with E-state index in [1.165, 1.54) is 36.4 Å². The second kappa shape index (κ2) is 4.93. The average Bonchev–Trinajstić information content (AvgIpc) is 2.28. The summed E-state index contributed by atoms with van der Waals surface area (Å²) in [5.41, 5.74) is 0.399. The fourth-order valence-electron chi connectivity index (χ4n) is 1.44. The van der Waals surface area contributed by atoms with Crippen LogP contribution in [0.5, 0.6) is 11.5 Å². The first-order valence-corrected chi connectivity index (χ1v) is 5.01. The van der Waals surface area contributed by atoms with Gasteiger partial charge < -0.3 is 9.84 Å². The van der Waals surface area contributed by atoms with Crippen molar-refractivity contribution in [3.05, 3.63) is 59.7 Å². The summed E-state index contributed by atoms with van der Waals surface area (Å²) in [7, 11) is 0. The number of aliphatic hydroxyl groups excluding tert-OH is 1. The van der Waals surface area contributed by atoms with Gasteiger partial charge in [0.05, 0.1) is 6.61 Å². The van der Waals surface area contributed by atoms with Crippen molar-refractivity contribution in [1.82, 2.24) is 0 Å². The van der Waals surface area contributed by atoms with E-state index in [1.807, 2.05) is 0 Å². The van der Waals surface area contributed by atoms with Crippen molar-refractivity contribution in [1.29, 1.82) is 0 Å². The van der Waals surface area contributed by atoms with Gasteiger partial charge in [-0.25, -0.2) is 8.78 Å². The minimum atomic E-state index is -0.511. The fraction of sp³-hybridized carbons (Fsp3) is 0.0769. The number of hydrogen-bond acceptors (Lipinski definition) is 2. The summed E-state index contributed by atoms with van der Waals surface area (Å²) in [6.07, 6.45) is 0. The van der Waals surface area contributed by atoms with Crippen LogP contribution in [0, 0.1) is 11.6 Å². The number of rotatable bonds is 3. The first kappa shape index (κ1) is 11.5. The highest BCUT2D eigenvalue weighted by molar-refractivity contribution is 5.34. The fourth-order valence-corrected chi connectivity index (χ4v) is 1.44. The van der Waals surface area contributed by atoms with Gasteiger partial charge in [-0.15, -0.1) is 0 Å². The highest BCUT2D eigenvalue weighted by Crippen LogP contribution is 2.24. The van der Waals surface area contributed by atoms with Crippen molar-refractivity contribution < 1.29 is 18.6 Å². The average molecular weight is 236 g/mol. The summed E-state index contributed by atoms with van der Waals surface area (Å²) in [6, 6.07) is 9.42. The predicted octanol–water partition coefficient (Wildman–Crippen LogP) is 3.25. The molecule has 1 N–H and O–H groups in total. The molecule has 2 rings (SSSR count). The number of benzene rings is 2. The standard InChI is InChI=1S/C13H10F2O2/c14-10-2-1-3-12(6-10)17-13-5-9(8-16)4-11(15)7-13/h1-7,16H,8H2. The minimum Gasteiger partial charge on any atom is -0.457 e. The van der Waals surface area contributed by atoms with Gasteiger partial charge in [-0.05, 0) is 29.8 Å². The molecule has 0 aliphatic carbocycles. The van der Waals surface area contributed by atoms with Crippen LogP contribution in [0.25, 0.3) is 0 Å². The molecule has 0 atom stereocenters. The van der Waals surface area contributed by atoms with E-state index in [1.54, 1.807) is 6.07 Å². The lowest BCUT2D eigenvalue weighted by molar-refractivity contribution is 0.280. The number of ether oxygens (including phenoxy) is 1. The van der Waals surface area contributed by atoms with Crippen molar-refractivity contribution in [2.45, 2.75) is 6.61 Å². The molecule has 0 amide bonds. The molecule has 0 saturated heterocycles. The molecule has 0 heterocycles. The van der Waals surface area contributed by atoms with Crippen molar-refractivity contribution in [3.63, 3.8) is 0 Å². The maximum atomic E-state index is 13.1. The lowest BCUT2D eigenvalue weighted by atomic mass is 10.2. The summed E-state index contributed by atoms with van der Waals surface area (Å²) in [5, 5.41) is 8.91. The monoisotopic (exact) mass is 236 g/mol. The first-order chi connectivity index (χ1) is 8.17. The van der Waals surface area contributed by atoms with Gasteiger partial charge in [0.25, 0.3) is 0 Å². The van der Waals surface area contributed by atoms with Crippen LogP contribution in [-0.4, -0.2) is 5.11 Å². The molecule has 0 aromatic heterocycles. The summed E-state index contributed by atoms with van der Waals surface area (Å²) >= 11 is 0. The van der Waals surface area contributed by atoms with E-state index in [-0.39, 0.29) is 18.1 Å². The van der Waals surface area contributed by atoms with Gasteiger partial charge in [-0.2, -0.15) is 0 Å². The van der Waals surface area contributed by atoms with Crippen LogP contribution in [0.4, 0.5) is 8.78 Å². The quantitative estimate of drug-likeness (QED) is 0.886. The Morgan fingerprint density at radius 3 is 2.41 bits per heavy atom. The Kier molecular flexibility index (Phi) is 3.35. The minimum absolute atomic E-state index is 0.222. The van der Waals surface area contributed by atoms with Crippen molar-refractivity contribution in [2.75, 3.05) is 0 Å². The lowest BCUT2D eigenvalue weighted by Crippen LogP contribution is -1.90. The van der Waals surface area contributed by atoms with Gasteiger partial charge in [0, 0.05) is 12.1 Å². The molecular weight excluding hydrogens is 226 g/mol. The molecule has 2 nitrogen and oxygen atoms in total. The summed E-state index contributed by atoms with van der Waals surface area (Å²) in [4.78, 5) is 0. The Hall–Kier alpha value is -1.94. The van der Waals surface area contributed by atoms with Crippen LogP contribution in [0.3, 0.4) is 0 Å². The van der Waals surface area contributed by atoms with Crippen LogP contribution in [0.1, 0.15) is 5.56 Å². The number of halogens is 2. The third-order valence-corrected chi connectivity index (χ3v) is 2.15. The molecule has 4 heteroatoms. The van der Waals surface area contributed by atoms with Gasteiger partial charge >= 0.3 is 0 Å². The van der Waals surface area contributed by atoms with E-state index in [0.717, 1.165) is 0 Å². The van der Waals surface area contributed by atoms with Crippen molar-refractivity contribution in [3.8, 4) is 11.5 Å². The summed E-state index contributed by atoms with van der Waals surface area (Å²) in [5.74, 6) is -0.441. The maximum absolute atomic E-state index is 13.1. The summed E-state index contributed by atoms with van der Waals surface area (Å²) in [6.45, 7) is -0.280. The third kappa shape index (κ3) is 3.01. The molecule has 0 fully saturated rings. The first-order valence-electron chi connectivity index (χ1n) is 5.01. The van der Waals surface area contributed by atoms with Crippen LogP contribution in [0.2, 0.25) is 0 Å². The molecule has 17 heavy (non-hydrogen) atoms. The predicted molar refractivity (Wildman–Crippen MR) is 58.8 cm³/mol. The third-order valence-electron chi connectivity index (χ3n) is 2.15. The van der Waals surface area contributed by atoms with Gasteiger partial charge in [-0.3, -0.25) is 0 Å². The molecule has 0 aliphatic heterocycles. The highest BCUT2D eigenvalue weighted by Gasteiger charge is 2.03. The molecule has 2 aromatic rings. The number of aliphatic hydroxyl groups is 1. The van der Waals surface area contributed by atoms with Crippen LogP contribution in [0.15, 0.2) is 42.5 Å². The van der Waals surface area contributed by atoms with E-state index in [2.05, 4.69) is 0 Å². The Morgan fingerprint density at radius 2 is 1.71 bits per heavy atom. The molecule has 0 saturated carbocycles. The highest BCUT2D eigenvalue weighted by atomic mass is 19.1. The second-order valence-electron chi connectivity index (χ2n) is 3.51. The van der Waals surface area contributed by atoms with Crippen molar-refractivity contribution >= 4 is 0 Å². The largest absolute Gasteiger partial charge is 0.457 e. The van der Waals surface area contributed by atoms with Crippen LogP contribution >= 0.6 is 0 Å². The SMILES string of the molecule is OCc1cc(F)cc(Oc2cccc(F)c2)c1. The zero-order chi connectivity index (χ0) is 12.3. The molecule has 0 unspecified atom stereocenters. The Morgan fingerprint density at radius 1 is 0.941 bits per heavy atom. The second-order valence-corrected chi connectivity index (χ2v) is 3.51. The van der Waals surface area contributed by atoms with E-state index in [0.29, 0.717) is 5.56 Å². The zero-order valence-corrected chi connectivity index (χ0v) is 8.86. The molecule has 2 aromatic carbocycles. The van der Waals surface area contributed by atoms with Crippen LogP contribution in [-0.2, 0) is 6.61 Å². The lowest BCUT2D eigenvalue weighted by Gasteiger charge is -2.07. The Balaban J connectivity index is 2.26. The molecule has 0 aliphatic rings. The zero-order valence-electron chi connectivity index (χ0n) is 8.86. The van der Waals surface area contributed by atoms with Crippen molar-refractivity contribution in [2.24, 2.45) is 0 Å². The van der Waals surface area contributed by atoms with Crippen LogP contribution < -0.4 is 4.74 Å². The number of hydrogen-bond donors (Lipinski definition) is 1. The maximum Gasteiger partial charge on any atom is 0.130 e. The normalized spacial score (nSPS) is 10.3. The van der Waals surface area contributed by atoms with Gasteiger partial charge in [-0.1, -0.05) is 6.07 Å². The van der Waals surface area contributed by atoms with E-state index in [4.69, 9.17) is 9.84 Å². The van der Waals surface area contributed by atoms with Gasteiger partial charge in [0.15, 0.2) is 0 Å². The molecule has 0 bridgehead atoms. The molecule has 0 spiro atoms. The van der Waals surface area contributed by atoms with E-state index in [9.17, 15) is 8.78 Å². The van der Waals surface area contributed by atoms with E-state index < -0.39 is 11.6 Å². The molecule has 0 radical (unpaired) electrons. The topological polar surface area (TPSA) is 29.5 Å². The smallest absolute Gasteiger partial charge is 0.130 e. The Labute approximate surface area is 97.1 Å².